The average molecular weight is 592 g/mol. The molecule has 1 saturated heterocycles. The molecule has 1 unspecified atom stereocenters. The second-order valence-electron chi connectivity index (χ2n) is 11.7. The largest absolute Gasteiger partial charge is 0.530 e. The molecule has 2 aromatic rings. The fourth-order valence-electron chi connectivity index (χ4n) is 4.25. The summed E-state index contributed by atoms with van der Waals surface area (Å²) in [6.45, 7) is 10.7. The number of halogens is 2. The number of hydrogen-bond donors (Lipinski definition) is 3. The fourth-order valence-corrected chi connectivity index (χ4v) is 5.72. The van der Waals surface area contributed by atoms with Gasteiger partial charge in [0.2, 0.25) is 0 Å². The van der Waals surface area contributed by atoms with E-state index < -0.39 is 67.5 Å². The number of rotatable bonds is 4. The Morgan fingerprint density at radius 2 is 1.90 bits per heavy atom. The molecular formula is C25H33F2N2O8PS. The van der Waals surface area contributed by atoms with E-state index in [-0.39, 0.29) is 21.6 Å². The van der Waals surface area contributed by atoms with Gasteiger partial charge in [0, 0.05) is 17.3 Å². The summed E-state index contributed by atoms with van der Waals surface area (Å²) in [5.74, 6) is -3.94. The van der Waals surface area contributed by atoms with Gasteiger partial charge in [-0.1, -0.05) is 41.5 Å². The van der Waals surface area contributed by atoms with Gasteiger partial charge in [0.05, 0.1) is 13.5 Å². The first kappa shape index (κ1) is 28.5. The number of aliphatic hydroxyl groups is 2. The van der Waals surface area contributed by atoms with Crippen LogP contribution < -0.4 is 10.1 Å². The minimum Gasteiger partial charge on any atom is -0.403 e. The Morgan fingerprint density at radius 1 is 1.28 bits per heavy atom. The fraction of sp³-hybridized carbons (Fsp3) is 0.600. The van der Waals surface area contributed by atoms with Crippen molar-refractivity contribution in [3.05, 3.63) is 55.5 Å². The number of nitrogens with one attached hydrogen (secondary N) is 1. The zero-order chi connectivity index (χ0) is 30.2. The summed E-state index contributed by atoms with van der Waals surface area (Å²) in [6.07, 6.45) is -6.26. The van der Waals surface area contributed by atoms with Crippen molar-refractivity contribution in [2.45, 2.75) is 90.2 Å². The van der Waals surface area contributed by atoms with Crippen LogP contribution in [0.1, 0.15) is 71.4 Å². The van der Waals surface area contributed by atoms with Crippen molar-refractivity contribution in [3.8, 4) is 5.75 Å². The van der Waals surface area contributed by atoms with Gasteiger partial charge >= 0.3 is 7.82 Å². The van der Waals surface area contributed by atoms with Crippen molar-refractivity contribution in [2.24, 2.45) is 0 Å². The molecule has 0 amide bonds. The van der Waals surface area contributed by atoms with E-state index in [1.54, 1.807) is 6.07 Å². The van der Waals surface area contributed by atoms with Crippen molar-refractivity contribution in [3.63, 3.8) is 0 Å². The van der Waals surface area contributed by atoms with Gasteiger partial charge in [-0.3, -0.25) is 23.4 Å². The van der Waals surface area contributed by atoms with Gasteiger partial charge in [-0.05, 0) is 41.6 Å². The lowest BCUT2D eigenvalue weighted by Gasteiger charge is -2.34. The van der Waals surface area contributed by atoms with E-state index in [2.05, 4.69) is 4.98 Å². The molecule has 14 heteroatoms. The zero-order valence-corrected chi connectivity index (χ0v) is 24.3. The SMILES string of the molecule is [2H][C@@]1(n2cc(C)c(=O)[nH]c2=S)O[C@](F)(COP2(=O)OCc3c(F)c(C(C)(C)C)cc(C(C)(C)C)c3O2)[C@@H](O)[C@H]1O. The molecule has 0 aliphatic carbocycles. The first-order valence-corrected chi connectivity index (χ1v) is 14.0. The smallest absolute Gasteiger partial charge is 0.403 e. The van der Waals surface area contributed by atoms with Crippen LogP contribution in [0.2, 0.25) is 0 Å². The number of benzene rings is 1. The second-order valence-corrected chi connectivity index (χ2v) is 13.7. The summed E-state index contributed by atoms with van der Waals surface area (Å²) in [5.41, 5.74) is -0.693. The summed E-state index contributed by atoms with van der Waals surface area (Å²) >= 11 is 5.03. The lowest BCUT2D eigenvalue weighted by Crippen LogP contribution is -2.43. The molecule has 0 spiro atoms. The minimum absolute atomic E-state index is 0.0305. The number of aromatic nitrogens is 2. The lowest BCUT2D eigenvalue weighted by atomic mass is 9.78. The highest BCUT2D eigenvalue weighted by atomic mass is 32.1. The number of aliphatic hydroxyl groups excluding tert-OH is 2. The van der Waals surface area contributed by atoms with Gasteiger partial charge < -0.3 is 19.5 Å². The van der Waals surface area contributed by atoms with Crippen LogP contribution >= 0.6 is 20.0 Å². The molecular weight excluding hydrogens is 557 g/mol. The third-order valence-electron chi connectivity index (χ3n) is 6.54. The number of phosphoric acid groups is 1. The number of nitrogens with zero attached hydrogens (tertiary/aromatic N) is 1. The Morgan fingerprint density at radius 3 is 2.49 bits per heavy atom. The monoisotopic (exact) mass is 591 g/mol. The highest BCUT2D eigenvalue weighted by Crippen LogP contribution is 2.58. The number of aromatic amines is 1. The molecule has 216 valence electrons. The molecule has 4 rings (SSSR count). The Kier molecular flexibility index (Phi) is 7.19. The number of alkyl halides is 1. The molecule has 1 aromatic carbocycles. The van der Waals surface area contributed by atoms with E-state index in [1.807, 2.05) is 41.5 Å². The molecule has 2 aliphatic heterocycles. The van der Waals surface area contributed by atoms with Crippen molar-refractivity contribution in [2.75, 3.05) is 6.61 Å². The predicted octanol–water partition coefficient (Wildman–Crippen LogP) is 4.60. The molecule has 3 N–H and O–H groups in total. The number of H-pyrrole nitrogens is 1. The molecule has 1 fully saturated rings. The molecule has 2 aliphatic rings. The number of aryl methyl sites for hydroxylation is 1. The average Bonchev–Trinajstić information content (AvgIpc) is 2.99. The van der Waals surface area contributed by atoms with Crippen LogP contribution in [0.3, 0.4) is 0 Å². The summed E-state index contributed by atoms with van der Waals surface area (Å²) in [5, 5.41) is 21.1. The van der Waals surface area contributed by atoms with E-state index in [1.165, 1.54) is 6.92 Å². The topological polar surface area (TPSA) is 132 Å². The lowest BCUT2D eigenvalue weighted by molar-refractivity contribution is -0.205. The normalized spacial score (nSPS) is 31.5. The number of phosphoric ester groups is 1. The van der Waals surface area contributed by atoms with Gasteiger partial charge in [0.1, 0.15) is 30.4 Å². The van der Waals surface area contributed by atoms with Crippen LogP contribution in [0, 0.1) is 17.5 Å². The highest BCUT2D eigenvalue weighted by molar-refractivity contribution is 7.71. The van der Waals surface area contributed by atoms with Gasteiger partial charge in [-0.2, -0.15) is 0 Å². The van der Waals surface area contributed by atoms with Gasteiger partial charge in [0.25, 0.3) is 11.4 Å². The Balaban J connectivity index is 1.65. The maximum atomic E-state index is 15.9. The van der Waals surface area contributed by atoms with Crippen molar-refractivity contribution in [1.82, 2.24) is 9.55 Å². The molecule has 0 saturated carbocycles. The molecule has 0 bridgehead atoms. The third kappa shape index (κ3) is 5.50. The van der Waals surface area contributed by atoms with E-state index in [9.17, 15) is 19.6 Å². The molecule has 3 heterocycles. The Hall–Kier alpha value is -1.99. The number of fused-ring (bicyclic) bond motifs is 1. The van der Waals surface area contributed by atoms with Crippen LogP contribution in [0.4, 0.5) is 8.78 Å². The Bertz CT molecular complexity index is 1520. The minimum atomic E-state index is -4.61. The Labute approximate surface area is 230 Å². The maximum absolute atomic E-state index is 15.9. The molecule has 1 aromatic heterocycles. The summed E-state index contributed by atoms with van der Waals surface area (Å²) in [4.78, 5) is 14.1. The number of ether oxygens (including phenoxy) is 1. The zero-order valence-electron chi connectivity index (χ0n) is 23.6. The van der Waals surface area contributed by atoms with E-state index in [0.29, 0.717) is 11.1 Å². The van der Waals surface area contributed by atoms with E-state index >= 15 is 8.78 Å². The van der Waals surface area contributed by atoms with Crippen LogP contribution in [-0.4, -0.2) is 44.4 Å². The first-order chi connectivity index (χ1) is 18.1. The van der Waals surface area contributed by atoms with E-state index in [0.717, 1.165) is 10.8 Å². The summed E-state index contributed by atoms with van der Waals surface area (Å²) < 4.78 is 75.0. The first-order valence-electron chi connectivity index (χ1n) is 12.7. The molecule has 5 atom stereocenters. The van der Waals surface area contributed by atoms with Crippen molar-refractivity contribution < 1.29 is 43.2 Å². The number of hydrogen-bond acceptors (Lipinski definition) is 9. The standard InChI is InChI=1S/C25H33F2N2O8PS/c1-12-9-29(22(39)28-20(12)32)21-17(30)19(31)25(27,36-21)11-35-38(33)34-10-13-16(26)14(23(2,3)4)8-15(18(13)37-38)24(5,6)7/h8-9,17,19,21,30-31H,10-11H2,1-7H3,(H,28,32,39)/t17-,19+,21-,25-,38?/m1/s1/i21D. The molecule has 39 heavy (non-hydrogen) atoms. The van der Waals surface area contributed by atoms with E-state index in [4.69, 9.17) is 31.9 Å². The molecule has 0 radical (unpaired) electrons. The summed E-state index contributed by atoms with van der Waals surface area (Å²) in [7, 11) is -4.61. The van der Waals surface area contributed by atoms with Gasteiger partial charge in [-0.25, -0.2) is 13.3 Å². The van der Waals surface area contributed by atoms with Crippen LogP contribution in [0.25, 0.3) is 0 Å². The second kappa shape index (κ2) is 9.83. The van der Waals surface area contributed by atoms with Crippen LogP contribution in [-0.2, 0) is 35.8 Å². The van der Waals surface area contributed by atoms with Crippen molar-refractivity contribution in [1.29, 1.82) is 0 Å². The van der Waals surface area contributed by atoms with Gasteiger partial charge in [0.15, 0.2) is 11.0 Å². The highest BCUT2D eigenvalue weighted by Gasteiger charge is 2.57. The quantitative estimate of drug-likeness (QED) is 0.345. The van der Waals surface area contributed by atoms with Crippen LogP contribution in [0.5, 0.6) is 5.75 Å². The predicted molar refractivity (Wildman–Crippen MR) is 139 cm³/mol. The van der Waals surface area contributed by atoms with Gasteiger partial charge in [-0.15, -0.1) is 0 Å². The third-order valence-corrected chi connectivity index (χ3v) is 8.14. The molecule has 10 nitrogen and oxygen atoms in total. The van der Waals surface area contributed by atoms with Crippen LogP contribution in [0.15, 0.2) is 17.1 Å². The summed E-state index contributed by atoms with van der Waals surface area (Å²) in [6, 6.07) is 1.63. The van der Waals surface area contributed by atoms with Crippen molar-refractivity contribution >= 4 is 20.0 Å². The maximum Gasteiger partial charge on any atom is 0.530 e.